The van der Waals surface area contributed by atoms with E-state index in [1.165, 1.54) is 13.2 Å². The Balaban J connectivity index is 2.13. The first-order valence-electron chi connectivity index (χ1n) is 9.93. The number of hydrogen-bond acceptors (Lipinski definition) is 4. The minimum absolute atomic E-state index is 0.0188. The lowest BCUT2D eigenvalue weighted by Crippen LogP contribution is -2.31. The Labute approximate surface area is 182 Å². The van der Waals surface area contributed by atoms with Crippen molar-refractivity contribution in [2.45, 2.75) is 5.92 Å². The summed E-state index contributed by atoms with van der Waals surface area (Å²) in [6.45, 7) is 0. The maximum atomic E-state index is 12.8. The van der Waals surface area contributed by atoms with Gasteiger partial charge in [-0.2, -0.15) is 0 Å². The average molecular weight is 420 g/mol. The number of aliphatic hydroxyl groups is 2. The summed E-state index contributed by atoms with van der Waals surface area (Å²) in [5.41, 5.74) is 1.39. The summed E-state index contributed by atoms with van der Waals surface area (Å²) >= 11 is 0. The second-order valence-corrected chi connectivity index (χ2v) is 7.30. The second-order valence-electron chi connectivity index (χ2n) is 7.30. The van der Waals surface area contributed by atoms with Crippen LogP contribution in [0.2, 0.25) is 0 Å². The largest absolute Gasteiger partial charge is 0.508 e. The molecule has 0 aliphatic heterocycles. The number of rotatable bonds is 7. The van der Waals surface area contributed by atoms with Gasteiger partial charge < -0.3 is 14.9 Å². The third-order valence-electron chi connectivity index (χ3n) is 5.20. The van der Waals surface area contributed by atoms with E-state index < -0.39 is 17.8 Å². The van der Waals surface area contributed by atoms with Crippen molar-refractivity contribution >= 4 is 17.5 Å². The van der Waals surface area contributed by atoms with Crippen LogP contribution >= 0.6 is 0 Å². The summed E-state index contributed by atoms with van der Waals surface area (Å²) in [6, 6.07) is 18.4. The molecule has 2 atom stereocenters. The van der Waals surface area contributed by atoms with Crippen LogP contribution in [0, 0.1) is 5.92 Å². The van der Waals surface area contributed by atoms with Crippen LogP contribution in [0.25, 0.3) is 11.5 Å². The molecule has 6 heteroatoms. The molecule has 0 spiro atoms. The fourth-order valence-corrected chi connectivity index (χ4v) is 3.61. The Hall–Kier alpha value is -3.80. The van der Waals surface area contributed by atoms with Crippen molar-refractivity contribution in [3.05, 3.63) is 102 Å². The number of aliphatic hydroxyl groups excluding tert-OH is 2. The topological polar surface area (TPSA) is 75.6 Å². The summed E-state index contributed by atoms with van der Waals surface area (Å²) in [4.78, 5) is 12.8. The molecule has 0 saturated carbocycles. The molecular formula is C25H27N2O4+. The van der Waals surface area contributed by atoms with E-state index in [1.807, 2.05) is 75.0 Å². The number of esters is 1. The van der Waals surface area contributed by atoms with Crippen molar-refractivity contribution in [1.29, 1.82) is 0 Å². The Morgan fingerprint density at radius 1 is 1.00 bits per heavy atom. The third kappa shape index (κ3) is 5.04. The Morgan fingerprint density at radius 3 is 2.16 bits per heavy atom. The average Bonchev–Trinajstić information content (AvgIpc) is 3.14. The van der Waals surface area contributed by atoms with E-state index in [-0.39, 0.29) is 11.5 Å². The number of methoxy groups -OCH3 is 1. The first-order chi connectivity index (χ1) is 14.9. The van der Waals surface area contributed by atoms with Gasteiger partial charge in [0.25, 0.3) is 0 Å². The molecule has 0 aliphatic carbocycles. The van der Waals surface area contributed by atoms with Crippen LogP contribution < -0.4 is 4.57 Å². The van der Waals surface area contributed by atoms with Crippen LogP contribution in [-0.2, 0) is 23.6 Å². The minimum atomic E-state index is -0.861. The Morgan fingerprint density at radius 2 is 1.61 bits per heavy atom. The number of hydrogen-bond donors (Lipinski definition) is 2. The zero-order valence-corrected chi connectivity index (χ0v) is 17.8. The molecule has 0 radical (unpaired) electrons. The standard InChI is InChI=1S/C25H26N2O4/c1-26-14-15-27(2)24(26)23(29)16-20(18-10-6-4-7-11-18)21(25(30)31-3)17-22(28)19-12-8-5-9-13-19/h4-17,20-21H,1-3H3,(H-,28,29)/p+1/b22-17-,23-16-/t20-,21-/m1/s1. The Kier molecular flexibility index (Phi) is 6.92. The molecule has 2 N–H and O–H groups in total. The number of imidazole rings is 1. The van der Waals surface area contributed by atoms with Crippen molar-refractivity contribution in [1.82, 2.24) is 4.57 Å². The van der Waals surface area contributed by atoms with Gasteiger partial charge in [0.15, 0.2) is 0 Å². The number of nitrogens with zero attached hydrogens (tertiary/aromatic N) is 2. The van der Waals surface area contributed by atoms with E-state index in [4.69, 9.17) is 4.74 Å². The highest BCUT2D eigenvalue weighted by molar-refractivity contribution is 5.79. The van der Waals surface area contributed by atoms with E-state index in [2.05, 4.69) is 0 Å². The predicted molar refractivity (Wildman–Crippen MR) is 119 cm³/mol. The third-order valence-corrected chi connectivity index (χ3v) is 5.20. The molecule has 0 amide bonds. The van der Waals surface area contributed by atoms with Gasteiger partial charge in [-0.1, -0.05) is 60.7 Å². The van der Waals surface area contributed by atoms with Crippen molar-refractivity contribution < 1.29 is 24.3 Å². The van der Waals surface area contributed by atoms with Gasteiger partial charge in [0.2, 0.25) is 5.76 Å². The van der Waals surface area contributed by atoms with E-state index in [9.17, 15) is 15.0 Å². The van der Waals surface area contributed by atoms with E-state index >= 15 is 0 Å². The van der Waals surface area contributed by atoms with Crippen molar-refractivity contribution in [2.75, 3.05) is 7.11 Å². The lowest BCUT2D eigenvalue weighted by molar-refractivity contribution is -0.674. The first kappa shape index (κ1) is 21.9. The molecule has 1 heterocycles. The molecule has 160 valence electrons. The predicted octanol–water partition coefficient (Wildman–Crippen LogP) is 3.92. The lowest BCUT2D eigenvalue weighted by Gasteiger charge is -2.21. The molecule has 1 aromatic heterocycles. The summed E-state index contributed by atoms with van der Waals surface area (Å²) in [7, 11) is 4.97. The maximum Gasteiger partial charge on any atom is 0.323 e. The lowest BCUT2D eigenvalue weighted by atomic mass is 9.84. The van der Waals surface area contributed by atoms with Crippen LogP contribution in [0.4, 0.5) is 0 Å². The van der Waals surface area contributed by atoms with Crippen LogP contribution in [0.1, 0.15) is 22.9 Å². The molecule has 0 unspecified atom stereocenters. The van der Waals surface area contributed by atoms with E-state index in [0.29, 0.717) is 11.4 Å². The molecule has 31 heavy (non-hydrogen) atoms. The quantitative estimate of drug-likeness (QED) is 0.346. The highest BCUT2D eigenvalue weighted by Gasteiger charge is 2.30. The number of allylic oxidation sites excluding steroid dienone is 1. The monoisotopic (exact) mass is 419 g/mol. The first-order valence-corrected chi connectivity index (χ1v) is 9.93. The summed E-state index contributed by atoms with van der Waals surface area (Å²) in [5.74, 6) is -1.38. The van der Waals surface area contributed by atoms with Gasteiger partial charge in [-0.3, -0.25) is 4.79 Å². The van der Waals surface area contributed by atoms with Crippen molar-refractivity contribution in [3.63, 3.8) is 0 Å². The zero-order chi connectivity index (χ0) is 22.4. The highest BCUT2D eigenvalue weighted by atomic mass is 16.5. The summed E-state index contributed by atoms with van der Waals surface area (Å²) in [5, 5.41) is 21.6. The van der Waals surface area contributed by atoms with Crippen LogP contribution in [0.15, 0.2) is 85.2 Å². The van der Waals surface area contributed by atoms with Gasteiger partial charge in [-0.25, -0.2) is 9.13 Å². The van der Waals surface area contributed by atoms with Crippen LogP contribution in [0.5, 0.6) is 0 Å². The molecule has 3 rings (SSSR count). The summed E-state index contributed by atoms with van der Waals surface area (Å²) in [6.07, 6.45) is 6.76. The maximum absolute atomic E-state index is 12.8. The van der Waals surface area contributed by atoms with Crippen molar-refractivity contribution in [3.8, 4) is 0 Å². The highest BCUT2D eigenvalue weighted by Crippen LogP contribution is 2.32. The van der Waals surface area contributed by atoms with Gasteiger partial charge in [-0.15, -0.1) is 0 Å². The van der Waals surface area contributed by atoms with Crippen LogP contribution in [0.3, 0.4) is 0 Å². The van der Waals surface area contributed by atoms with Gasteiger partial charge in [-0.05, 0) is 17.7 Å². The van der Waals surface area contributed by atoms with Gasteiger partial charge >= 0.3 is 11.8 Å². The number of aromatic nitrogens is 2. The number of ether oxygens (including phenoxy) is 1. The number of benzene rings is 2. The smallest absolute Gasteiger partial charge is 0.323 e. The molecule has 0 aliphatic rings. The molecule has 2 aromatic carbocycles. The molecule has 0 fully saturated rings. The minimum Gasteiger partial charge on any atom is -0.508 e. The fourth-order valence-electron chi connectivity index (χ4n) is 3.61. The van der Waals surface area contributed by atoms with Gasteiger partial charge in [0.1, 0.15) is 18.2 Å². The molecule has 3 aromatic rings. The molecule has 6 nitrogen and oxygen atoms in total. The second kappa shape index (κ2) is 9.80. The van der Waals surface area contributed by atoms with E-state index in [0.717, 1.165) is 5.56 Å². The summed E-state index contributed by atoms with van der Waals surface area (Å²) < 4.78 is 8.64. The van der Waals surface area contributed by atoms with Crippen molar-refractivity contribution in [2.24, 2.45) is 20.0 Å². The van der Waals surface area contributed by atoms with Gasteiger partial charge in [0, 0.05) is 11.5 Å². The van der Waals surface area contributed by atoms with E-state index in [1.54, 1.807) is 27.3 Å². The fraction of sp³-hybridized carbons (Fsp3) is 0.200. The number of aryl methyl sites for hydroxylation is 2. The van der Waals surface area contributed by atoms with Crippen LogP contribution in [-0.4, -0.2) is 27.9 Å². The van der Waals surface area contributed by atoms with Gasteiger partial charge in [0.05, 0.1) is 27.1 Å². The molecule has 0 saturated heterocycles. The number of carbonyl (C=O) groups excluding carboxylic acids is 1. The number of carbonyl (C=O) groups is 1. The molecule has 0 bridgehead atoms. The SMILES string of the molecule is COC(=O)[C@H](/C=C(\O)c1ccccc1)[C@H](/C=C(\O)c1n(C)cc[n+]1C)c1ccccc1. The Bertz CT molecular complexity index is 1070. The normalized spacial score (nSPS) is 14.2. The molecular weight excluding hydrogens is 392 g/mol. The zero-order valence-electron chi connectivity index (χ0n) is 17.8.